The molecule has 6 nitrogen and oxygen atoms in total. The minimum atomic E-state index is -1.21. The zero-order valence-corrected chi connectivity index (χ0v) is 11.4. The standard InChI is InChI=1S/C9H16O3.C3H6O3/c1-4-6-8(10)12-9(11)7(3)5-2;1-2-6-3(4)5/h7H,4-6H2,1-3H3;2H2,1H3,(H,4,5). The van der Waals surface area contributed by atoms with Crippen LogP contribution in [0.25, 0.3) is 0 Å². The van der Waals surface area contributed by atoms with Gasteiger partial charge in [-0.05, 0) is 19.8 Å². The van der Waals surface area contributed by atoms with Crippen molar-refractivity contribution in [3.8, 4) is 0 Å². The summed E-state index contributed by atoms with van der Waals surface area (Å²) in [6.45, 7) is 7.36. The molecule has 0 rings (SSSR count). The summed E-state index contributed by atoms with van der Waals surface area (Å²) in [5.74, 6) is -0.996. The molecule has 0 aromatic heterocycles. The van der Waals surface area contributed by atoms with Crippen LogP contribution in [0.4, 0.5) is 4.79 Å². The Morgan fingerprint density at radius 3 is 2.00 bits per heavy atom. The maximum absolute atomic E-state index is 11.0. The highest BCUT2D eigenvalue weighted by molar-refractivity contribution is 5.86. The summed E-state index contributed by atoms with van der Waals surface area (Å²) in [6, 6.07) is 0. The van der Waals surface area contributed by atoms with Crippen molar-refractivity contribution in [2.24, 2.45) is 5.92 Å². The second kappa shape index (κ2) is 11.9. The van der Waals surface area contributed by atoms with Gasteiger partial charge in [0.2, 0.25) is 0 Å². The monoisotopic (exact) mass is 262 g/mol. The third kappa shape index (κ3) is 12.5. The fourth-order valence-electron chi connectivity index (χ4n) is 0.758. The fourth-order valence-corrected chi connectivity index (χ4v) is 0.758. The number of hydrogen-bond acceptors (Lipinski definition) is 5. The average molecular weight is 262 g/mol. The molecule has 0 spiro atoms. The summed E-state index contributed by atoms with van der Waals surface area (Å²) >= 11 is 0. The molecule has 1 unspecified atom stereocenters. The van der Waals surface area contributed by atoms with Crippen LogP contribution in [0, 0.1) is 5.92 Å². The fraction of sp³-hybridized carbons (Fsp3) is 0.750. The topological polar surface area (TPSA) is 89.9 Å². The average Bonchev–Trinajstić information content (AvgIpc) is 2.28. The molecule has 0 radical (unpaired) electrons. The Bertz CT molecular complexity index is 261. The summed E-state index contributed by atoms with van der Waals surface area (Å²) in [5.41, 5.74) is 0. The minimum absolute atomic E-state index is 0.175. The molecular weight excluding hydrogens is 240 g/mol. The Morgan fingerprint density at radius 1 is 1.17 bits per heavy atom. The minimum Gasteiger partial charge on any atom is -0.450 e. The van der Waals surface area contributed by atoms with Crippen LogP contribution in [0.2, 0.25) is 0 Å². The molecule has 18 heavy (non-hydrogen) atoms. The van der Waals surface area contributed by atoms with Crippen molar-refractivity contribution in [3.63, 3.8) is 0 Å². The van der Waals surface area contributed by atoms with E-state index in [1.165, 1.54) is 0 Å². The predicted molar refractivity (Wildman–Crippen MR) is 65.1 cm³/mol. The molecule has 1 N–H and O–H groups in total. The van der Waals surface area contributed by atoms with E-state index in [9.17, 15) is 14.4 Å². The van der Waals surface area contributed by atoms with Gasteiger partial charge in [-0.3, -0.25) is 9.59 Å². The van der Waals surface area contributed by atoms with Gasteiger partial charge in [-0.2, -0.15) is 0 Å². The molecule has 0 aromatic carbocycles. The zero-order chi connectivity index (χ0) is 14.6. The smallest absolute Gasteiger partial charge is 0.450 e. The van der Waals surface area contributed by atoms with Crippen molar-refractivity contribution in [1.29, 1.82) is 0 Å². The number of ether oxygens (including phenoxy) is 2. The van der Waals surface area contributed by atoms with Crippen LogP contribution in [0.5, 0.6) is 0 Å². The van der Waals surface area contributed by atoms with Crippen molar-refractivity contribution in [2.45, 2.75) is 47.0 Å². The Morgan fingerprint density at radius 2 is 1.72 bits per heavy atom. The van der Waals surface area contributed by atoms with E-state index < -0.39 is 18.1 Å². The molecule has 0 amide bonds. The molecule has 106 valence electrons. The van der Waals surface area contributed by atoms with E-state index in [0.717, 1.165) is 0 Å². The van der Waals surface area contributed by atoms with Crippen molar-refractivity contribution < 1.29 is 29.0 Å². The summed E-state index contributed by atoms with van der Waals surface area (Å²) < 4.78 is 8.52. The number of hydrogen-bond donors (Lipinski definition) is 1. The second-order valence-corrected chi connectivity index (χ2v) is 3.55. The molecule has 1 atom stereocenters. The molecule has 0 aromatic rings. The number of esters is 2. The van der Waals surface area contributed by atoms with Crippen molar-refractivity contribution in [2.75, 3.05) is 6.61 Å². The Labute approximate surface area is 107 Å². The highest BCUT2D eigenvalue weighted by atomic mass is 16.7. The Balaban J connectivity index is 0. The Hall–Kier alpha value is -1.59. The van der Waals surface area contributed by atoms with Gasteiger partial charge in [0.05, 0.1) is 12.5 Å². The summed E-state index contributed by atoms with van der Waals surface area (Å²) in [5, 5.41) is 7.69. The third-order valence-corrected chi connectivity index (χ3v) is 1.95. The van der Waals surface area contributed by atoms with Crippen LogP contribution in [-0.4, -0.2) is 29.8 Å². The second-order valence-electron chi connectivity index (χ2n) is 3.55. The van der Waals surface area contributed by atoms with Gasteiger partial charge in [0.25, 0.3) is 0 Å². The molecule has 0 bridgehead atoms. The van der Waals surface area contributed by atoms with E-state index in [2.05, 4.69) is 9.47 Å². The van der Waals surface area contributed by atoms with Gasteiger partial charge in [-0.1, -0.05) is 20.8 Å². The van der Waals surface area contributed by atoms with Crippen LogP contribution in [0.3, 0.4) is 0 Å². The first-order valence-corrected chi connectivity index (χ1v) is 5.99. The third-order valence-electron chi connectivity index (χ3n) is 1.95. The van der Waals surface area contributed by atoms with Crippen LogP contribution in [0.15, 0.2) is 0 Å². The molecule has 0 saturated carbocycles. The first-order chi connectivity index (χ1) is 8.38. The maximum atomic E-state index is 11.0. The van der Waals surface area contributed by atoms with E-state index in [1.54, 1.807) is 13.8 Å². The SMILES string of the molecule is CCCC(=O)OC(=O)C(C)CC.CCOC(=O)O. The number of carbonyl (C=O) groups is 3. The van der Waals surface area contributed by atoms with E-state index in [1.807, 2.05) is 13.8 Å². The quantitative estimate of drug-likeness (QED) is 0.605. The molecular formula is C12H22O6. The van der Waals surface area contributed by atoms with Crippen LogP contribution in [0.1, 0.15) is 47.0 Å². The molecule has 0 heterocycles. The Kier molecular flexibility index (Phi) is 12.4. The van der Waals surface area contributed by atoms with Gasteiger partial charge < -0.3 is 14.6 Å². The lowest BCUT2D eigenvalue weighted by Crippen LogP contribution is -2.18. The molecule has 6 heteroatoms. The molecule has 0 aliphatic heterocycles. The number of carbonyl (C=O) groups excluding carboxylic acids is 2. The molecule has 0 fully saturated rings. The summed E-state index contributed by atoms with van der Waals surface area (Å²) in [6.07, 6.45) is 0.532. The molecule has 0 aliphatic rings. The zero-order valence-electron chi connectivity index (χ0n) is 11.4. The van der Waals surface area contributed by atoms with Gasteiger partial charge in [0.1, 0.15) is 0 Å². The lowest BCUT2D eigenvalue weighted by molar-refractivity contribution is -0.162. The van der Waals surface area contributed by atoms with Crippen LogP contribution < -0.4 is 0 Å². The first-order valence-electron chi connectivity index (χ1n) is 5.99. The highest BCUT2D eigenvalue weighted by Crippen LogP contribution is 2.04. The van der Waals surface area contributed by atoms with Gasteiger partial charge in [-0.15, -0.1) is 0 Å². The van der Waals surface area contributed by atoms with Gasteiger partial charge >= 0.3 is 18.1 Å². The lowest BCUT2D eigenvalue weighted by atomic mass is 10.1. The van der Waals surface area contributed by atoms with E-state index in [-0.39, 0.29) is 12.5 Å². The molecule has 0 aliphatic carbocycles. The normalized spacial score (nSPS) is 10.7. The lowest BCUT2D eigenvalue weighted by Gasteiger charge is -2.06. The van der Waals surface area contributed by atoms with E-state index >= 15 is 0 Å². The van der Waals surface area contributed by atoms with Crippen molar-refractivity contribution in [1.82, 2.24) is 0 Å². The van der Waals surface area contributed by atoms with E-state index in [0.29, 0.717) is 19.3 Å². The maximum Gasteiger partial charge on any atom is 0.505 e. The van der Waals surface area contributed by atoms with Gasteiger partial charge in [0.15, 0.2) is 0 Å². The van der Waals surface area contributed by atoms with Crippen molar-refractivity contribution in [3.05, 3.63) is 0 Å². The highest BCUT2D eigenvalue weighted by Gasteiger charge is 2.15. The first kappa shape index (κ1) is 18.8. The van der Waals surface area contributed by atoms with E-state index in [4.69, 9.17) is 5.11 Å². The van der Waals surface area contributed by atoms with Crippen LogP contribution in [-0.2, 0) is 19.1 Å². The summed E-state index contributed by atoms with van der Waals surface area (Å²) in [4.78, 5) is 31.2. The summed E-state index contributed by atoms with van der Waals surface area (Å²) in [7, 11) is 0. The van der Waals surface area contributed by atoms with Gasteiger partial charge in [0, 0.05) is 6.42 Å². The number of rotatable bonds is 5. The predicted octanol–water partition coefficient (Wildman–Crippen LogP) is 2.60. The van der Waals surface area contributed by atoms with Crippen LogP contribution >= 0.6 is 0 Å². The van der Waals surface area contributed by atoms with Crippen molar-refractivity contribution >= 4 is 18.1 Å². The molecule has 0 saturated heterocycles. The number of carboxylic acid groups (broad SMARTS) is 1. The largest absolute Gasteiger partial charge is 0.505 e. The van der Waals surface area contributed by atoms with Gasteiger partial charge in [-0.25, -0.2) is 4.79 Å².